The fraction of sp³-hybridized carbons (Fsp3) is 0.100. The van der Waals surface area contributed by atoms with E-state index in [1.54, 1.807) is 0 Å². The molecule has 0 aromatic heterocycles. The number of benzene rings is 1. The van der Waals surface area contributed by atoms with Gasteiger partial charge < -0.3 is 14.6 Å². The fourth-order valence-corrected chi connectivity index (χ4v) is 1.41. The van der Waals surface area contributed by atoms with Crippen LogP contribution in [0, 0.1) is 10.1 Å². The van der Waals surface area contributed by atoms with Gasteiger partial charge in [-0.2, -0.15) is 0 Å². The fourth-order valence-electron chi connectivity index (χ4n) is 1.41. The average Bonchev–Trinajstić information content (AvgIpc) is 2.72. The van der Waals surface area contributed by atoms with Crippen LogP contribution in [0.2, 0.25) is 0 Å². The molecule has 0 bridgehead atoms. The molecule has 7 nitrogen and oxygen atoms in total. The quantitative estimate of drug-likeness (QED) is 0.485. The first-order valence-corrected chi connectivity index (χ1v) is 4.57. The second-order valence-electron chi connectivity index (χ2n) is 3.20. The van der Waals surface area contributed by atoms with Crippen molar-refractivity contribution in [1.29, 1.82) is 0 Å². The first-order chi connectivity index (χ1) is 8.08. The maximum absolute atomic E-state index is 10.8. The molecule has 1 aliphatic heterocycles. The van der Waals surface area contributed by atoms with Gasteiger partial charge in [0.15, 0.2) is 5.75 Å². The number of nitrogens with zero attached hydrogens (tertiary/aromatic N) is 1. The number of fused-ring (bicyclic) bond motifs is 1. The van der Waals surface area contributed by atoms with E-state index in [1.165, 1.54) is 18.2 Å². The molecule has 1 aromatic carbocycles. The highest BCUT2D eigenvalue weighted by Crippen LogP contribution is 2.41. The van der Waals surface area contributed by atoms with Crippen molar-refractivity contribution in [1.82, 2.24) is 0 Å². The van der Waals surface area contributed by atoms with Gasteiger partial charge in [-0.05, 0) is 17.7 Å². The number of ether oxygens (including phenoxy) is 2. The Balaban J connectivity index is 2.46. The molecule has 0 unspecified atom stereocenters. The number of rotatable bonds is 3. The van der Waals surface area contributed by atoms with Crippen LogP contribution in [0.1, 0.15) is 5.56 Å². The van der Waals surface area contributed by atoms with E-state index in [2.05, 4.69) is 0 Å². The topological polar surface area (TPSA) is 98.9 Å². The molecule has 7 heteroatoms. The lowest BCUT2D eigenvalue weighted by Gasteiger charge is -1.99. The van der Waals surface area contributed by atoms with Crippen molar-refractivity contribution in [3.63, 3.8) is 0 Å². The summed E-state index contributed by atoms with van der Waals surface area (Å²) in [4.78, 5) is 20.5. The zero-order valence-corrected chi connectivity index (χ0v) is 8.45. The summed E-state index contributed by atoms with van der Waals surface area (Å²) in [6.45, 7) is -0.0811. The average molecular weight is 237 g/mol. The van der Waals surface area contributed by atoms with Crippen molar-refractivity contribution in [3.05, 3.63) is 33.9 Å². The molecule has 17 heavy (non-hydrogen) atoms. The van der Waals surface area contributed by atoms with E-state index in [0.717, 1.165) is 6.08 Å². The van der Waals surface area contributed by atoms with Crippen LogP contribution in [0.15, 0.2) is 18.2 Å². The number of carbonyl (C=O) groups is 1. The van der Waals surface area contributed by atoms with Gasteiger partial charge in [-0.15, -0.1) is 0 Å². The monoisotopic (exact) mass is 237 g/mol. The summed E-state index contributed by atoms with van der Waals surface area (Å²) in [5.74, 6) is -0.822. The number of carboxylic acids is 1. The molecule has 1 aromatic rings. The van der Waals surface area contributed by atoms with Crippen molar-refractivity contribution < 1.29 is 24.3 Å². The predicted molar refractivity (Wildman–Crippen MR) is 55.9 cm³/mol. The lowest BCUT2D eigenvalue weighted by molar-refractivity contribution is -0.385. The third kappa shape index (κ3) is 2.17. The maximum atomic E-state index is 10.8. The zero-order valence-electron chi connectivity index (χ0n) is 8.45. The number of nitro groups is 1. The minimum atomic E-state index is -1.13. The highest BCUT2D eigenvalue weighted by Gasteiger charge is 2.26. The van der Waals surface area contributed by atoms with Crippen LogP contribution >= 0.6 is 0 Å². The molecule has 0 saturated heterocycles. The van der Waals surface area contributed by atoms with Crippen molar-refractivity contribution in [2.75, 3.05) is 6.79 Å². The third-order valence-corrected chi connectivity index (χ3v) is 2.09. The predicted octanol–water partition coefficient (Wildman–Crippen LogP) is 1.42. The van der Waals surface area contributed by atoms with E-state index < -0.39 is 10.9 Å². The van der Waals surface area contributed by atoms with Crippen LogP contribution in [-0.4, -0.2) is 22.8 Å². The SMILES string of the molecule is O=C(O)/C=C/c1cc2c(c([N+](=O)[O-])c1)OCO2. The molecule has 1 heterocycles. The Morgan fingerprint density at radius 2 is 2.24 bits per heavy atom. The molecule has 2 rings (SSSR count). The van der Waals surface area contributed by atoms with E-state index in [0.29, 0.717) is 5.56 Å². The summed E-state index contributed by atoms with van der Waals surface area (Å²) in [5, 5.41) is 19.3. The molecule has 0 atom stereocenters. The van der Waals surface area contributed by atoms with Crippen LogP contribution in [-0.2, 0) is 4.79 Å². The summed E-state index contributed by atoms with van der Waals surface area (Å²) in [6.07, 6.45) is 2.14. The number of carboxylic acid groups (broad SMARTS) is 1. The largest absolute Gasteiger partial charge is 0.478 e. The van der Waals surface area contributed by atoms with Gasteiger partial charge in [0.05, 0.1) is 4.92 Å². The van der Waals surface area contributed by atoms with E-state index in [1.807, 2.05) is 0 Å². The van der Waals surface area contributed by atoms with Crippen LogP contribution < -0.4 is 9.47 Å². The molecule has 1 N–H and O–H groups in total. The van der Waals surface area contributed by atoms with Crippen LogP contribution in [0.3, 0.4) is 0 Å². The summed E-state index contributed by atoms with van der Waals surface area (Å²) in [7, 11) is 0. The van der Waals surface area contributed by atoms with E-state index in [9.17, 15) is 14.9 Å². The van der Waals surface area contributed by atoms with E-state index in [4.69, 9.17) is 14.6 Å². The molecule has 88 valence electrons. The van der Waals surface area contributed by atoms with Crippen molar-refractivity contribution in [2.24, 2.45) is 0 Å². The van der Waals surface area contributed by atoms with Crippen LogP contribution in [0.4, 0.5) is 5.69 Å². The molecule has 0 radical (unpaired) electrons. The Hall–Kier alpha value is -2.57. The highest BCUT2D eigenvalue weighted by atomic mass is 16.7. The molecular weight excluding hydrogens is 230 g/mol. The Kier molecular flexibility index (Phi) is 2.65. The van der Waals surface area contributed by atoms with Gasteiger partial charge in [0.2, 0.25) is 12.5 Å². The zero-order chi connectivity index (χ0) is 12.4. The lowest BCUT2D eigenvalue weighted by Crippen LogP contribution is -1.95. The number of hydrogen-bond acceptors (Lipinski definition) is 5. The van der Waals surface area contributed by atoms with Gasteiger partial charge in [0.1, 0.15) is 0 Å². The second-order valence-corrected chi connectivity index (χ2v) is 3.20. The van der Waals surface area contributed by atoms with Gasteiger partial charge in [-0.1, -0.05) is 0 Å². The summed E-state index contributed by atoms with van der Waals surface area (Å²) >= 11 is 0. The minimum absolute atomic E-state index is 0.0717. The first kappa shape index (κ1) is 10.9. The first-order valence-electron chi connectivity index (χ1n) is 4.57. The van der Waals surface area contributed by atoms with Crippen molar-refractivity contribution >= 4 is 17.7 Å². The van der Waals surface area contributed by atoms with Gasteiger partial charge in [0.25, 0.3) is 0 Å². The molecule has 0 fully saturated rings. The van der Waals surface area contributed by atoms with Gasteiger partial charge in [-0.25, -0.2) is 4.79 Å². The smallest absolute Gasteiger partial charge is 0.328 e. The van der Waals surface area contributed by atoms with Gasteiger partial charge in [0, 0.05) is 12.1 Å². The molecular formula is C10H7NO6. The van der Waals surface area contributed by atoms with Gasteiger partial charge in [-0.3, -0.25) is 10.1 Å². The second kappa shape index (κ2) is 4.12. The third-order valence-electron chi connectivity index (χ3n) is 2.09. The highest BCUT2D eigenvalue weighted by molar-refractivity contribution is 5.85. The van der Waals surface area contributed by atoms with Crippen LogP contribution in [0.25, 0.3) is 6.08 Å². The van der Waals surface area contributed by atoms with Crippen LogP contribution in [0.5, 0.6) is 11.5 Å². The Morgan fingerprint density at radius 1 is 1.47 bits per heavy atom. The Bertz CT molecular complexity index is 522. The van der Waals surface area contributed by atoms with E-state index in [-0.39, 0.29) is 24.0 Å². The molecule has 1 aliphatic rings. The van der Waals surface area contributed by atoms with Crippen molar-refractivity contribution in [2.45, 2.75) is 0 Å². The van der Waals surface area contributed by atoms with Crippen molar-refractivity contribution in [3.8, 4) is 11.5 Å². The lowest BCUT2D eigenvalue weighted by atomic mass is 10.1. The summed E-state index contributed by atoms with van der Waals surface area (Å²) in [6, 6.07) is 2.71. The standard InChI is InChI=1S/C10H7NO6/c12-9(13)2-1-6-3-7(11(14)15)10-8(4-6)16-5-17-10/h1-4H,5H2,(H,12,13)/b2-1+. The molecule has 0 spiro atoms. The number of aliphatic carboxylic acids is 1. The normalized spacial score (nSPS) is 12.9. The molecule has 0 saturated carbocycles. The number of hydrogen-bond donors (Lipinski definition) is 1. The van der Waals surface area contributed by atoms with Gasteiger partial charge >= 0.3 is 11.7 Å². The number of nitro benzene ring substituents is 1. The Morgan fingerprint density at radius 3 is 2.88 bits per heavy atom. The summed E-state index contributed by atoms with van der Waals surface area (Å²) < 4.78 is 10.00. The maximum Gasteiger partial charge on any atom is 0.328 e. The van der Waals surface area contributed by atoms with E-state index >= 15 is 0 Å². The molecule has 0 aliphatic carbocycles. The summed E-state index contributed by atoms with van der Waals surface area (Å²) in [5.41, 5.74) is 0.119. The Labute approximate surface area is 95.0 Å². The minimum Gasteiger partial charge on any atom is -0.478 e. The molecule has 0 amide bonds.